The number of thiophene rings is 1. The van der Waals surface area contributed by atoms with E-state index >= 15 is 0 Å². The van der Waals surface area contributed by atoms with Crippen LogP contribution in [0.3, 0.4) is 0 Å². The number of halogens is 1. The fourth-order valence-electron chi connectivity index (χ4n) is 3.15. The first-order valence-electron chi connectivity index (χ1n) is 7.83. The molecule has 2 atom stereocenters. The summed E-state index contributed by atoms with van der Waals surface area (Å²) in [6.07, 6.45) is 1.82. The fourth-order valence-corrected chi connectivity index (χ4v) is 4.27. The number of methoxy groups -OCH3 is 1. The number of carbonyl (C=O) groups excluding carboxylic acids is 1. The van der Waals surface area contributed by atoms with Gasteiger partial charge >= 0.3 is 0 Å². The molecule has 0 saturated carbocycles. The van der Waals surface area contributed by atoms with E-state index in [0.29, 0.717) is 21.9 Å². The molecule has 0 bridgehead atoms. The normalized spacial score (nSPS) is 21.5. The van der Waals surface area contributed by atoms with Crippen molar-refractivity contribution in [1.82, 2.24) is 10.6 Å². The Bertz CT molecular complexity index is 716. The van der Waals surface area contributed by atoms with Crippen LogP contribution < -0.4 is 10.6 Å². The molecule has 2 heterocycles. The summed E-state index contributed by atoms with van der Waals surface area (Å²) in [6.45, 7) is 3.24. The van der Waals surface area contributed by atoms with Crippen LogP contribution in [0.15, 0.2) is 18.2 Å². The second-order valence-electron chi connectivity index (χ2n) is 6.01. The molecule has 124 valence electrons. The third kappa shape index (κ3) is 3.39. The van der Waals surface area contributed by atoms with E-state index in [9.17, 15) is 9.18 Å². The molecule has 3 rings (SSSR count). The van der Waals surface area contributed by atoms with Crippen molar-refractivity contribution in [1.29, 1.82) is 0 Å². The zero-order chi connectivity index (χ0) is 16.4. The number of piperidine rings is 1. The molecule has 0 aliphatic carbocycles. The molecule has 2 unspecified atom stereocenters. The lowest BCUT2D eigenvalue weighted by Gasteiger charge is -2.28. The van der Waals surface area contributed by atoms with E-state index in [2.05, 4.69) is 17.6 Å². The molecule has 0 spiro atoms. The molecule has 1 fully saturated rings. The number of amides is 1. The number of nitrogens with one attached hydrogen (secondary N) is 2. The van der Waals surface area contributed by atoms with Crippen LogP contribution in [-0.4, -0.2) is 31.6 Å². The van der Waals surface area contributed by atoms with E-state index in [-0.39, 0.29) is 24.4 Å². The van der Waals surface area contributed by atoms with Gasteiger partial charge < -0.3 is 15.4 Å². The molecule has 6 heteroatoms. The Kier molecular flexibility index (Phi) is 4.94. The Labute approximate surface area is 139 Å². The average Bonchev–Trinajstić information content (AvgIpc) is 2.88. The molecule has 0 radical (unpaired) electrons. The number of fused-ring (bicyclic) bond motifs is 1. The van der Waals surface area contributed by atoms with Gasteiger partial charge in [0.25, 0.3) is 5.91 Å². The van der Waals surface area contributed by atoms with Crippen molar-refractivity contribution in [2.45, 2.75) is 38.5 Å². The monoisotopic (exact) mass is 336 g/mol. The zero-order valence-electron chi connectivity index (χ0n) is 13.3. The lowest BCUT2D eigenvalue weighted by molar-refractivity contribution is 0.0925. The number of hydrogen-bond donors (Lipinski definition) is 2. The van der Waals surface area contributed by atoms with Gasteiger partial charge in [-0.05, 0) is 38.4 Å². The van der Waals surface area contributed by atoms with E-state index in [1.165, 1.54) is 17.4 Å². The van der Waals surface area contributed by atoms with E-state index in [1.807, 2.05) is 6.07 Å². The summed E-state index contributed by atoms with van der Waals surface area (Å²) < 4.78 is 20.1. The SMILES string of the molecule is COCc1c(C(=O)NC2CCNC(C)C2)sc2cccc(F)c12. The second-order valence-corrected chi connectivity index (χ2v) is 7.06. The molecular weight excluding hydrogens is 315 g/mol. The molecule has 2 aromatic rings. The van der Waals surface area contributed by atoms with Crippen LogP contribution in [0.25, 0.3) is 10.1 Å². The zero-order valence-corrected chi connectivity index (χ0v) is 14.1. The number of ether oxygens (including phenoxy) is 1. The minimum Gasteiger partial charge on any atom is -0.380 e. The van der Waals surface area contributed by atoms with E-state index in [1.54, 1.807) is 13.2 Å². The molecule has 1 aliphatic heterocycles. The van der Waals surface area contributed by atoms with E-state index in [4.69, 9.17) is 4.74 Å². The molecule has 1 aliphatic rings. The number of carbonyl (C=O) groups is 1. The Hall–Kier alpha value is -1.50. The number of rotatable bonds is 4. The standard InChI is InChI=1S/C17H21FN2O2S/c1-10-8-11(6-7-19-10)20-17(21)16-12(9-22-2)15-13(18)4-3-5-14(15)23-16/h3-5,10-11,19H,6-9H2,1-2H3,(H,20,21). The minimum absolute atomic E-state index is 0.128. The van der Waals surface area contributed by atoms with Crippen molar-refractivity contribution in [2.75, 3.05) is 13.7 Å². The first-order chi connectivity index (χ1) is 11.1. The van der Waals surface area contributed by atoms with E-state index < -0.39 is 0 Å². The number of hydrogen-bond acceptors (Lipinski definition) is 4. The van der Waals surface area contributed by atoms with Crippen molar-refractivity contribution in [2.24, 2.45) is 0 Å². The van der Waals surface area contributed by atoms with Crippen LogP contribution >= 0.6 is 11.3 Å². The summed E-state index contributed by atoms with van der Waals surface area (Å²) in [6, 6.07) is 5.48. The van der Waals surface area contributed by atoms with Gasteiger partial charge in [0.15, 0.2) is 0 Å². The van der Waals surface area contributed by atoms with Gasteiger partial charge in [-0.3, -0.25) is 4.79 Å². The van der Waals surface area contributed by atoms with Crippen molar-refractivity contribution >= 4 is 27.3 Å². The smallest absolute Gasteiger partial charge is 0.261 e. The lowest BCUT2D eigenvalue weighted by Crippen LogP contribution is -2.46. The van der Waals surface area contributed by atoms with Crippen LogP contribution in [0.5, 0.6) is 0 Å². The van der Waals surface area contributed by atoms with Gasteiger partial charge in [-0.15, -0.1) is 11.3 Å². The maximum Gasteiger partial charge on any atom is 0.261 e. The summed E-state index contributed by atoms with van der Waals surface area (Å²) in [5, 5.41) is 6.97. The van der Waals surface area contributed by atoms with Gasteiger partial charge in [0, 0.05) is 34.8 Å². The van der Waals surface area contributed by atoms with Crippen molar-refractivity contribution in [3.8, 4) is 0 Å². The average molecular weight is 336 g/mol. The summed E-state index contributed by atoms with van der Waals surface area (Å²) in [5.74, 6) is -0.433. The topological polar surface area (TPSA) is 50.4 Å². The molecule has 23 heavy (non-hydrogen) atoms. The van der Waals surface area contributed by atoms with Crippen LogP contribution in [0.2, 0.25) is 0 Å². The summed E-state index contributed by atoms with van der Waals surface area (Å²) in [5.41, 5.74) is 0.644. The number of benzene rings is 1. The maximum absolute atomic E-state index is 14.2. The molecule has 4 nitrogen and oxygen atoms in total. The van der Waals surface area contributed by atoms with Crippen LogP contribution in [0, 0.1) is 5.82 Å². The van der Waals surface area contributed by atoms with Gasteiger partial charge in [0.2, 0.25) is 0 Å². The highest BCUT2D eigenvalue weighted by atomic mass is 32.1. The van der Waals surface area contributed by atoms with Crippen molar-refractivity contribution < 1.29 is 13.9 Å². The Morgan fingerprint density at radius 3 is 3.09 bits per heavy atom. The fraction of sp³-hybridized carbons (Fsp3) is 0.471. The van der Waals surface area contributed by atoms with Crippen molar-refractivity contribution in [3.63, 3.8) is 0 Å². The minimum atomic E-state index is -0.305. The second kappa shape index (κ2) is 6.95. The Morgan fingerprint density at radius 2 is 2.35 bits per heavy atom. The van der Waals surface area contributed by atoms with Gasteiger partial charge in [-0.1, -0.05) is 6.07 Å². The summed E-state index contributed by atoms with van der Waals surface area (Å²) >= 11 is 1.33. The predicted octanol–water partition coefficient (Wildman–Crippen LogP) is 3.06. The highest BCUT2D eigenvalue weighted by Gasteiger charge is 2.24. The quantitative estimate of drug-likeness (QED) is 0.902. The van der Waals surface area contributed by atoms with Crippen molar-refractivity contribution in [3.05, 3.63) is 34.5 Å². The van der Waals surface area contributed by atoms with Gasteiger partial charge in [0.1, 0.15) is 5.82 Å². The molecule has 1 saturated heterocycles. The summed E-state index contributed by atoms with van der Waals surface area (Å²) in [7, 11) is 1.56. The van der Waals surface area contributed by atoms with Crippen LogP contribution in [0.1, 0.15) is 35.0 Å². The van der Waals surface area contributed by atoms with E-state index in [0.717, 1.165) is 24.1 Å². The van der Waals surface area contributed by atoms with Crippen LogP contribution in [0.4, 0.5) is 4.39 Å². The van der Waals surface area contributed by atoms with Crippen LogP contribution in [-0.2, 0) is 11.3 Å². The molecule has 1 amide bonds. The molecular formula is C17H21FN2O2S. The van der Waals surface area contributed by atoms with Gasteiger partial charge in [-0.2, -0.15) is 0 Å². The van der Waals surface area contributed by atoms with Gasteiger partial charge in [-0.25, -0.2) is 4.39 Å². The first kappa shape index (κ1) is 16.4. The maximum atomic E-state index is 14.2. The van der Waals surface area contributed by atoms with Gasteiger partial charge in [0.05, 0.1) is 11.5 Å². The highest BCUT2D eigenvalue weighted by molar-refractivity contribution is 7.21. The third-order valence-corrected chi connectivity index (χ3v) is 5.41. The largest absolute Gasteiger partial charge is 0.380 e. The summed E-state index contributed by atoms with van der Waals surface area (Å²) in [4.78, 5) is 13.3. The molecule has 1 aromatic carbocycles. The Balaban J connectivity index is 1.90. The molecule has 1 aromatic heterocycles. The first-order valence-corrected chi connectivity index (χ1v) is 8.65. The predicted molar refractivity (Wildman–Crippen MR) is 90.4 cm³/mol. The Morgan fingerprint density at radius 1 is 1.52 bits per heavy atom. The third-order valence-electron chi connectivity index (χ3n) is 4.22. The lowest BCUT2D eigenvalue weighted by atomic mass is 10.0. The highest BCUT2D eigenvalue weighted by Crippen LogP contribution is 2.34. The molecule has 2 N–H and O–H groups in total.